The summed E-state index contributed by atoms with van der Waals surface area (Å²) in [5.41, 5.74) is 7.07. The first-order valence-corrected chi connectivity index (χ1v) is 9.18. The van der Waals surface area contributed by atoms with Gasteiger partial charge < -0.3 is 0 Å². The van der Waals surface area contributed by atoms with Crippen molar-refractivity contribution in [2.24, 2.45) is 11.8 Å². The van der Waals surface area contributed by atoms with Gasteiger partial charge in [0.2, 0.25) is 0 Å². The van der Waals surface area contributed by atoms with E-state index in [0.717, 1.165) is 11.8 Å². The Labute approximate surface area is 129 Å². The second kappa shape index (κ2) is 5.99. The average molecular weight is 280 g/mol. The molecule has 1 saturated carbocycles. The Kier molecular flexibility index (Phi) is 3.88. The fourth-order valence-electron chi connectivity index (χ4n) is 5.08. The quantitative estimate of drug-likeness (QED) is 0.596. The van der Waals surface area contributed by atoms with Crippen molar-refractivity contribution in [2.45, 2.75) is 70.6 Å². The maximum atomic E-state index is 2.36. The number of aryl methyl sites for hydroxylation is 1. The highest BCUT2D eigenvalue weighted by molar-refractivity contribution is 5.31. The Morgan fingerprint density at radius 2 is 1.71 bits per heavy atom. The van der Waals surface area contributed by atoms with Crippen LogP contribution < -0.4 is 0 Å². The topological polar surface area (TPSA) is 0 Å². The van der Waals surface area contributed by atoms with Crippen LogP contribution in [-0.2, 0) is 12.8 Å². The second-order valence-corrected chi connectivity index (χ2v) is 7.55. The Morgan fingerprint density at radius 3 is 2.67 bits per heavy atom. The molecular weight excluding hydrogens is 252 g/mol. The fraction of sp³-hybridized carbons (Fsp3) is 0.619. The van der Waals surface area contributed by atoms with E-state index in [1.807, 2.05) is 11.1 Å². The van der Waals surface area contributed by atoms with Crippen molar-refractivity contribution in [2.75, 3.05) is 0 Å². The highest BCUT2D eigenvalue weighted by Gasteiger charge is 2.28. The molecule has 0 amide bonds. The maximum absolute atomic E-state index is 2.36. The fourth-order valence-corrected chi connectivity index (χ4v) is 5.08. The molecule has 1 aromatic carbocycles. The summed E-state index contributed by atoms with van der Waals surface area (Å²) in [6, 6.07) is 9.13. The van der Waals surface area contributed by atoms with Crippen LogP contribution in [0, 0.1) is 11.8 Å². The third-order valence-corrected chi connectivity index (χ3v) is 6.22. The zero-order valence-corrected chi connectivity index (χ0v) is 13.2. The summed E-state index contributed by atoms with van der Waals surface area (Å²) in [6.07, 6.45) is 15.7. The van der Waals surface area contributed by atoms with Crippen molar-refractivity contribution in [3.63, 3.8) is 0 Å². The lowest BCUT2D eigenvalue weighted by atomic mass is 9.80. The van der Waals surface area contributed by atoms with Crippen LogP contribution in [0.4, 0.5) is 0 Å². The number of hydrogen-bond acceptors (Lipinski definition) is 0. The zero-order chi connectivity index (χ0) is 14.1. The largest absolute Gasteiger partial charge is 0.0704 e. The number of hydrogen-bond donors (Lipinski definition) is 0. The van der Waals surface area contributed by atoms with Gasteiger partial charge in [-0.2, -0.15) is 0 Å². The van der Waals surface area contributed by atoms with Crippen LogP contribution in [0.1, 0.15) is 68.9 Å². The zero-order valence-electron chi connectivity index (χ0n) is 13.2. The SMILES string of the molecule is c1ccc2c(c1)CC[C@H](CC1=C3CCCCC[C@@H]3CC1)C2. The standard InChI is InChI=1S/C21H28/c1-2-7-18-12-13-20(21(18)9-3-1)15-16-10-11-17-6-4-5-8-19(17)14-16/h4-6,8,16,18H,1-3,7,9-15H2/t16-,18+/m0/s1. The Bertz CT molecular complexity index is 537. The molecule has 3 aliphatic rings. The molecular formula is C21H28. The highest BCUT2D eigenvalue weighted by Crippen LogP contribution is 2.44. The molecule has 0 nitrogen and oxygen atoms in total. The Hall–Kier alpha value is -1.04. The van der Waals surface area contributed by atoms with Gasteiger partial charge in [-0.3, -0.25) is 0 Å². The summed E-state index contributed by atoms with van der Waals surface area (Å²) in [7, 11) is 0. The molecule has 21 heavy (non-hydrogen) atoms. The average Bonchev–Trinajstić information content (AvgIpc) is 2.75. The summed E-state index contributed by atoms with van der Waals surface area (Å²) < 4.78 is 0. The molecule has 0 spiro atoms. The van der Waals surface area contributed by atoms with E-state index in [9.17, 15) is 0 Å². The predicted molar refractivity (Wildman–Crippen MR) is 89.4 cm³/mol. The first kappa shape index (κ1) is 13.6. The van der Waals surface area contributed by atoms with Gasteiger partial charge in [0.15, 0.2) is 0 Å². The van der Waals surface area contributed by atoms with Crippen LogP contribution >= 0.6 is 0 Å². The van der Waals surface area contributed by atoms with Gasteiger partial charge >= 0.3 is 0 Å². The monoisotopic (exact) mass is 280 g/mol. The van der Waals surface area contributed by atoms with Crippen LogP contribution in [-0.4, -0.2) is 0 Å². The minimum atomic E-state index is 0.921. The van der Waals surface area contributed by atoms with Crippen LogP contribution in [0.25, 0.3) is 0 Å². The molecule has 0 heteroatoms. The predicted octanol–water partition coefficient (Wildman–Crippen LogP) is 5.85. The van der Waals surface area contributed by atoms with E-state index in [2.05, 4.69) is 24.3 Å². The normalized spacial score (nSPS) is 29.0. The molecule has 0 saturated heterocycles. The molecule has 4 rings (SSSR count). The van der Waals surface area contributed by atoms with Crippen LogP contribution in [0.5, 0.6) is 0 Å². The van der Waals surface area contributed by atoms with Gasteiger partial charge in [-0.15, -0.1) is 0 Å². The first-order chi connectivity index (χ1) is 10.4. The minimum Gasteiger partial charge on any atom is -0.0704 e. The number of rotatable bonds is 2. The van der Waals surface area contributed by atoms with E-state index in [-0.39, 0.29) is 0 Å². The van der Waals surface area contributed by atoms with Crippen molar-refractivity contribution in [1.29, 1.82) is 0 Å². The maximum Gasteiger partial charge on any atom is -0.0198 e. The van der Waals surface area contributed by atoms with E-state index in [1.54, 1.807) is 11.1 Å². The third-order valence-electron chi connectivity index (χ3n) is 6.22. The third kappa shape index (κ3) is 2.82. The molecule has 2 atom stereocenters. The number of benzene rings is 1. The summed E-state index contributed by atoms with van der Waals surface area (Å²) in [6.45, 7) is 0. The van der Waals surface area contributed by atoms with Crippen LogP contribution in [0.15, 0.2) is 35.4 Å². The number of allylic oxidation sites excluding steroid dienone is 2. The lowest BCUT2D eigenvalue weighted by Crippen LogP contribution is -2.15. The van der Waals surface area contributed by atoms with E-state index in [0.29, 0.717) is 0 Å². The van der Waals surface area contributed by atoms with Gasteiger partial charge in [0, 0.05) is 0 Å². The van der Waals surface area contributed by atoms with E-state index in [1.165, 1.54) is 70.6 Å². The molecule has 0 radical (unpaired) electrons. The summed E-state index contributed by atoms with van der Waals surface area (Å²) >= 11 is 0. The molecule has 0 aromatic heterocycles. The van der Waals surface area contributed by atoms with Crippen molar-refractivity contribution < 1.29 is 0 Å². The lowest BCUT2D eigenvalue weighted by molar-refractivity contribution is 0.449. The summed E-state index contributed by atoms with van der Waals surface area (Å²) in [5.74, 6) is 1.91. The van der Waals surface area contributed by atoms with Gasteiger partial charge in [0.05, 0.1) is 0 Å². The van der Waals surface area contributed by atoms with Gasteiger partial charge in [0.25, 0.3) is 0 Å². The molecule has 1 fully saturated rings. The van der Waals surface area contributed by atoms with E-state index >= 15 is 0 Å². The Morgan fingerprint density at radius 1 is 0.810 bits per heavy atom. The highest BCUT2D eigenvalue weighted by atomic mass is 14.3. The van der Waals surface area contributed by atoms with Crippen molar-refractivity contribution in [1.82, 2.24) is 0 Å². The second-order valence-electron chi connectivity index (χ2n) is 7.55. The lowest BCUT2D eigenvalue weighted by Gasteiger charge is -2.25. The summed E-state index contributed by atoms with van der Waals surface area (Å²) in [4.78, 5) is 0. The molecule has 1 aromatic rings. The number of fused-ring (bicyclic) bond motifs is 2. The smallest absolute Gasteiger partial charge is 0.0198 e. The van der Waals surface area contributed by atoms with Gasteiger partial charge in [0.1, 0.15) is 0 Å². The molecule has 0 aliphatic heterocycles. The molecule has 3 aliphatic carbocycles. The molecule has 112 valence electrons. The van der Waals surface area contributed by atoms with Crippen molar-refractivity contribution in [3.05, 3.63) is 46.5 Å². The molecule has 0 unspecified atom stereocenters. The molecule has 0 N–H and O–H groups in total. The van der Waals surface area contributed by atoms with Gasteiger partial charge in [-0.1, -0.05) is 48.3 Å². The Balaban J connectivity index is 1.48. The van der Waals surface area contributed by atoms with E-state index < -0.39 is 0 Å². The summed E-state index contributed by atoms with van der Waals surface area (Å²) in [5, 5.41) is 0. The van der Waals surface area contributed by atoms with Crippen molar-refractivity contribution >= 4 is 0 Å². The first-order valence-electron chi connectivity index (χ1n) is 9.18. The van der Waals surface area contributed by atoms with E-state index in [4.69, 9.17) is 0 Å². The van der Waals surface area contributed by atoms with Gasteiger partial charge in [-0.05, 0) is 80.8 Å². The molecule has 0 heterocycles. The van der Waals surface area contributed by atoms with Gasteiger partial charge in [-0.25, -0.2) is 0 Å². The van der Waals surface area contributed by atoms with Crippen LogP contribution in [0.2, 0.25) is 0 Å². The van der Waals surface area contributed by atoms with Crippen LogP contribution in [0.3, 0.4) is 0 Å². The molecule has 0 bridgehead atoms. The minimum absolute atomic E-state index is 0.921. The van der Waals surface area contributed by atoms with Crippen molar-refractivity contribution in [3.8, 4) is 0 Å².